The zero-order chi connectivity index (χ0) is 19.7. The number of nitrogens with zero attached hydrogens (tertiary/aromatic N) is 1. The summed E-state index contributed by atoms with van der Waals surface area (Å²) in [5, 5.41) is 0. The van der Waals surface area contributed by atoms with Crippen LogP contribution < -0.4 is 4.90 Å². The number of anilines is 2. The molecule has 27 heavy (non-hydrogen) atoms. The van der Waals surface area contributed by atoms with Gasteiger partial charge in [0.05, 0.1) is 0 Å². The lowest BCUT2D eigenvalue weighted by Gasteiger charge is -2.41. The van der Waals surface area contributed by atoms with Crippen LogP contribution in [0.2, 0.25) is 0 Å². The molecule has 0 saturated carbocycles. The molecule has 1 fully saturated rings. The third kappa shape index (κ3) is 4.38. The second-order valence-electron chi connectivity index (χ2n) is 9.73. The van der Waals surface area contributed by atoms with Crippen molar-refractivity contribution in [1.82, 2.24) is 0 Å². The van der Waals surface area contributed by atoms with Crippen LogP contribution in [0.3, 0.4) is 0 Å². The van der Waals surface area contributed by atoms with E-state index in [1.807, 2.05) is 0 Å². The van der Waals surface area contributed by atoms with E-state index in [9.17, 15) is 0 Å². The van der Waals surface area contributed by atoms with E-state index in [1.54, 1.807) is 0 Å². The molecule has 0 amide bonds. The first kappa shape index (κ1) is 19.9. The summed E-state index contributed by atoms with van der Waals surface area (Å²) in [6.07, 6.45) is 3.54. The van der Waals surface area contributed by atoms with E-state index in [0.717, 1.165) is 19.4 Å². The van der Waals surface area contributed by atoms with Crippen LogP contribution in [0, 0.1) is 0 Å². The number of benzene rings is 2. The van der Waals surface area contributed by atoms with Crippen molar-refractivity contribution in [2.45, 2.75) is 77.9 Å². The molecule has 1 heterocycles. The van der Waals surface area contributed by atoms with Crippen molar-refractivity contribution in [3.05, 3.63) is 59.7 Å². The van der Waals surface area contributed by atoms with Crippen LogP contribution in [0.5, 0.6) is 0 Å². The highest BCUT2D eigenvalue weighted by Crippen LogP contribution is 2.43. The third-order valence-electron chi connectivity index (χ3n) is 5.34. The number of para-hydroxylation sites is 1. The highest BCUT2D eigenvalue weighted by atomic mass is 16.5. The SMILES string of the molecule is CC(C)(C)c1cccc(N(c2ccccc2)C2CCCCO2)c1C(C)(C)C. The first-order valence-electron chi connectivity index (χ1n) is 10.3. The Bertz CT molecular complexity index is 746. The van der Waals surface area contributed by atoms with Gasteiger partial charge in [-0.1, -0.05) is 71.9 Å². The van der Waals surface area contributed by atoms with Gasteiger partial charge in [0.2, 0.25) is 0 Å². The van der Waals surface area contributed by atoms with Gasteiger partial charge < -0.3 is 9.64 Å². The normalized spacial score (nSPS) is 18.4. The molecular weight excluding hydrogens is 330 g/mol. The van der Waals surface area contributed by atoms with Gasteiger partial charge in [-0.2, -0.15) is 0 Å². The number of hydrogen-bond acceptors (Lipinski definition) is 2. The molecule has 2 aromatic rings. The van der Waals surface area contributed by atoms with Crippen LogP contribution in [0.25, 0.3) is 0 Å². The van der Waals surface area contributed by atoms with E-state index in [2.05, 4.69) is 95.0 Å². The Balaban J connectivity index is 2.23. The van der Waals surface area contributed by atoms with Gasteiger partial charge in [0.25, 0.3) is 0 Å². The van der Waals surface area contributed by atoms with E-state index in [4.69, 9.17) is 4.74 Å². The van der Waals surface area contributed by atoms with Crippen molar-refractivity contribution in [2.75, 3.05) is 11.5 Å². The molecule has 1 aliphatic heterocycles. The predicted octanol–water partition coefficient (Wildman–Crippen LogP) is 6.95. The monoisotopic (exact) mass is 365 g/mol. The van der Waals surface area contributed by atoms with E-state index >= 15 is 0 Å². The van der Waals surface area contributed by atoms with Gasteiger partial charge in [-0.05, 0) is 59.4 Å². The Morgan fingerprint density at radius 3 is 2.07 bits per heavy atom. The van der Waals surface area contributed by atoms with Crippen molar-refractivity contribution in [2.24, 2.45) is 0 Å². The smallest absolute Gasteiger partial charge is 0.134 e. The second kappa shape index (κ2) is 7.67. The standard InChI is InChI=1S/C25H35NO/c1-24(2,3)20-15-12-16-21(23(20)25(4,5)6)26(19-13-8-7-9-14-19)22-17-10-11-18-27-22/h7-9,12-16,22H,10-11,17-18H2,1-6H3. The number of ether oxygens (including phenoxy) is 1. The molecule has 1 saturated heterocycles. The van der Waals surface area contributed by atoms with Crippen LogP contribution in [0.15, 0.2) is 48.5 Å². The molecular formula is C25H35NO. The molecule has 0 N–H and O–H groups in total. The average Bonchev–Trinajstić information content (AvgIpc) is 2.62. The molecule has 146 valence electrons. The molecule has 3 rings (SSSR count). The summed E-state index contributed by atoms with van der Waals surface area (Å²) in [6.45, 7) is 14.8. The maximum atomic E-state index is 6.27. The topological polar surface area (TPSA) is 12.5 Å². The summed E-state index contributed by atoms with van der Waals surface area (Å²) in [7, 11) is 0. The minimum atomic E-state index is 0.0426. The summed E-state index contributed by atoms with van der Waals surface area (Å²) in [5.41, 5.74) is 5.48. The van der Waals surface area contributed by atoms with Crippen LogP contribution in [0.1, 0.15) is 71.9 Å². The fraction of sp³-hybridized carbons (Fsp3) is 0.520. The minimum Gasteiger partial charge on any atom is -0.358 e. The van der Waals surface area contributed by atoms with Crippen molar-refractivity contribution in [1.29, 1.82) is 0 Å². The lowest BCUT2D eigenvalue weighted by atomic mass is 9.74. The van der Waals surface area contributed by atoms with E-state index < -0.39 is 0 Å². The fourth-order valence-electron chi connectivity index (χ4n) is 4.13. The second-order valence-corrected chi connectivity index (χ2v) is 9.73. The number of rotatable bonds is 3. The lowest BCUT2D eigenvalue weighted by molar-refractivity contribution is 0.0206. The molecule has 1 aliphatic rings. The quantitative estimate of drug-likeness (QED) is 0.583. The Morgan fingerprint density at radius 1 is 0.815 bits per heavy atom. The highest BCUT2D eigenvalue weighted by Gasteiger charge is 2.32. The highest BCUT2D eigenvalue weighted by molar-refractivity contribution is 5.70. The molecule has 0 spiro atoms. The summed E-state index contributed by atoms with van der Waals surface area (Å²) in [4.78, 5) is 2.44. The van der Waals surface area contributed by atoms with E-state index in [0.29, 0.717) is 0 Å². The van der Waals surface area contributed by atoms with Gasteiger partial charge in [-0.25, -0.2) is 0 Å². The number of hydrogen-bond donors (Lipinski definition) is 0. The Labute approximate surface area is 165 Å². The molecule has 1 atom stereocenters. The summed E-state index contributed by atoms with van der Waals surface area (Å²) in [6, 6.07) is 17.5. The van der Waals surface area contributed by atoms with Crippen molar-refractivity contribution in [3.63, 3.8) is 0 Å². The average molecular weight is 366 g/mol. The van der Waals surface area contributed by atoms with Crippen molar-refractivity contribution < 1.29 is 4.74 Å². The van der Waals surface area contributed by atoms with Gasteiger partial charge in [0, 0.05) is 18.0 Å². The molecule has 0 bridgehead atoms. The Kier molecular flexibility index (Phi) is 5.67. The molecule has 0 radical (unpaired) electrons. The zero-order valence-corrected chi connectivity index (χ0v) is 17.9. The molecule has 0 aromatic heterocycles. The van der Waals surface area contributed by atoms with E-state index in [-0.39, 0.29) is 17.1 Å². The van der Waals surface area contributed by atoms with Crippen LogP contribution in [0.4, 0.5) is 11.4 Å². The van der Waals surface area contributed by atoms with Gasteiger partial charge in [0.1, 0.15) is 6.23 Å². The van der Waals surface area contributed by atoms with Gasteiger partial charge in [-0.15, -0.1) is 0 Å². The fourth-order valence-corrected chi connectivity index (χ4v) is 4.13. The molecule has 2 aromatic carbocycles. The largest absolute Gasteiger partial charge is 0.358 e. The van der Waals surface area contributed by atoms with Crippen molar-refractivity contribution in [3.8, 4) is 0 Å². The lowest BCUT2D eigenvalue weighted by Crippen LogP contribution is -2.38. The van der Waals surface area contributed by atoms with E-state index in [1.165, 1.54) is 28.9 Å². The predicted molar refractivity (Wildman–Crippen MR) is 116 cm³/mol. The van der Waals surface area contributed by atoms with Crippen LogP contribution in [-0.4, -0.2) is 12.8 Å². The molecule has 2 nitrogen and oxygen atoms in total. The maximum absolute atomic E-state index is 6.27. The Morgan fingerprint density at radius 2 is 1.52 bits per heavy atom. The zero-order valence-electron chi connectivity index (χ0n) is 17.9. The molecule has 1 unspecified atom stereocenters. The van der Waals surface area contributed by atoms with Gasteiger partial charge >= 0.3 is 0 Å². The minimum absolute atomic E-state index is 0.0426. The Hall–Kier alpha value is -1.80. The third-order valence-corrected chi connectivity index (χ3v) is 5.34. The summed E-state index contributed by atoms with van der Waals surface area (Å²) in [5.74, 6) is 0. The van der Waals surface area contributed by atoms with Crippen LogP contribution >= 0.6 is 0 Å². The van der Waals surface area contributed by atoms with Crippen molar-refractivity contribution >= 4 is 11.4 Å². The molecule has 2 heteroatoms. The van der Waals surface area contributed by atoms with Gasteiger partial charge in [-0.3, -0.25) is 0 Å². The maximum Gasteiger partial charge on any atom is 0.134 e. The summed E-state index contributed by atoms with van der Waals surface area (Å²) < 4.78 is 6.27. The van der Waals surface area contributed by atoms with Gasteiger partial charge in [0.15, 0.2) is 0 Å². The first-order valence-corrected chi connectivity index (χ1v) is 10.3. The summed E-state index contributed by atoms with van der Waals surface area (Å²) >= 11 is 0. The van der Waals surface area contributed by atoms with Crippen LogP contribution in [-0.2, 0) is 15.6 Å². The molecule has 0 aliphatic carbocycles. The first-order chi connectivity index (χ1) is 12.7.